The molecule has 0 aliphatic rings. The van der Waals surface area contributed by atoms with Gasteiger partial charge in [0.1, 0.15) is 0 Å². The molecular formula is C13H26N4O. The molecule has 2 atom stereocenters. The molecule has 0 radical (unpaired) electrons. The van der Waals surface area contributed by atoms with Crippen molar-refractivity contribution in [3.63, 3.8) is 0 Å². The number of aromatic nitrogens is 2. The second kappa shape index (κ2) is 5.82. The number of aliphatic hydroxyl groups excluding tert-OH is 1. The normalized spacial score (nSPS) is 16.0. The van der Waals surface area contributed by atoms with Crippen LogP contribution < -0.4 is 5.73 Å². The number of aryl methyl sites for hydroxylation is 1. The molecule has 2 unspecified atom stereocenters. The molecule has 5 heteroatoms. The van der Waals surface area contributed by atoms with E-state index in [-0.39, 0.29) is 24.2 Å². The van der Waals surface area contributed by atoms with Crippen molar-refractivity contribution < 1.29 is 5.11 Å². The van der Waals surface area contributed by atoms with E-state index in [2.05, 4.69) is 16.9 Å². The fourth-order valence-corrected chi connectivity index (χ4v) is 2.06. The molecule has 104 valence electrons. The van der Waals surface area contributed by atoms with E-state index in [1.807, 2.05) is 40.3 Å². The van der Waals surface area contributed by atoms with E-state index in [0.717, 1.165) is 12.0 Å². The van der Waals surface area contributed by atoms with Crippen LogP contribution in [0.15, 0.2) is 12.4 Å². The summed E-state index contributed by atoms with van der Waals surface area (Å²) < 4.78 is 1.78. The average molecular weight is 254 g/mol. The van der Waals surface area contributed by atoms with Gasteiger partial charge in [-0.25, -0.2) is 0 Å². The number of nitrogens with zero attached hydrogens (tertiary/aromatic N) is 3. The number of hydrogen-bond donors (Lipinski definition) is 2. The minimum atomic E-state index is -0.312. The Bertz CT molecular complexity index is 375. The van der Waals surface area contributed by atoms with Crippen LogP contribution in [0.25, 0.3) is 0 Å². The van der Waals surface area contributed by atoms with Crippen LogP contribution in [0, 0.1) is 0 Å². The van der Waals surface area contributed by atoms with Crippen LogP contribution in [0.1, 0.15) is 38.8 Å². The van der Waals surface area contributed by atoms with Crippen molar-refractivity contribution in [2.75, 3.05) is 13.7 Å². The van der Waals surface area contributed by atoms with Crippen molar-refractivity contribution in [3.8, 4) is 0 Å². The van der Waals surface area contributed by atoms with Crippen molar-refractivity contribution in [1.82, 2.24) is 14.7 Å². The van der Waals surface area contributed by atoms with Crippen molar-refractivity contribution in [3.05, 3.63) is 18.0 Å². The van der Waals surface area contributed by atoms with E-state index in [1.54, 1.807) is 4.68 Å². The molecule has 18 heavy (non-hydrogen) atoms. The molecule has 1 heterocycles. The first-order valence-corrected chi connectivity index (χ1v) is 6.41. The smallest absolute Gasteiger partial charge is 0.0610 e. The van der Waals surface area contributed by atoms with Gasteiger partial charge in [0, 0.05) is 30.4 Å². The van der Waals surface area contributed by atoms with Gasteiger partial charge in [0.2, 0.25) is 0 Å². The Labute approximate surface area is 110 Å². The molecule has 5 nitrogen and oxygen atoms in total. The zero-order valence-electron chi connectivity index (χ0n) is 12.1. The molecule has 1 rings (SSSR count). The van der Waals surface area contributed by atoms with Crippen LogP contribution in [0.2, 0.25) is 0 Å². The fourth-order valence-electron chi connectivity index (χ4n) is 2.06. The second-order valence-corrected chi connectivity index (χ2v) is 5.55. The summed E-state index contributed by atoms with van der Waals surface area (Å²) in [6.45, 7) is 6.20. The average Bonchev–Trinajstić information content (AvgIpc) is 2.75. The first-order chi connectivity index (χ1) is 8.33. The first kappa shape index (κ1) is 15.1. The Morgan fingerprint density at radius 3 is 2.56 bits per heavy atom. The molecule has 0 spiro atoms. The number of nitrogens with two attached hydrogens (primary N) is 1. The Morgan fingerprint density at radius 2 is 2.17 bits per heavy atom. The molecule has 1 aromatic heterocycles. The zero-order chi connectivity index (χ0) is 13.9. The topological polar surface area (TPSA) is 67.3 Å². The highest BCUT2D eigenvalue weighted by Gasteiger charge is 2.33. The molecule has 0 aromatic carbocycles. The molecule has 0 aliphatic heterocycles. The maximum Gasteiger partial charge on any atom is 0.0610 e. The van der Waals surface area contributed by atoms with Crippen molar-refractivity contribution >= 4 is 0 Å². The van der Waals surface area contributed by atoms with E-state index in [0.29, 0.717) is 0 Å². The highest BCUT2D eigenvalue weighted by molar-refractivity contribution is 5.14. The van der Waals surface area contributed by atoms with Crippen LogP contribution in [0.4, 0.5) is 0 Å². The largest absolute Gasteiger partial charge is 0.394 e. The lowest BCUT2D eigenvalue weighted by molar-refractivity contribution is 0.0345. The Morgan fingerprint density at radius 1 is 1.56 bits per heavy atom. The maximum absolute atomic E-state index is 9.52. The van der Waals surface area contributed by atoms with Crippen LogP contribution in [0.3, 0.4) is 0 Å². The lowest BCUT2D eigenvalue weighted by Gasteiger charge is -2.42. The summed E-state index contributed by atoms with van der Waals surface area (Å²) in [4.78, 5) is 2.14. The molecule has 0 saturated carbocycles. The summed E-state index contributed by atoms with van der Waals surface area (Å²) in [7, 11) is 3.90. The van der Waals surface area contributed by atoms with Gasteiger partial charge in [-0.05, 0) is 27.3 Å². The highest BCUT2D eigenvalue weighted by Crippen LogP contribution is 2.29. The lowest BCUT2D eigenvalue weighted by Crippen LogP contribution is -2.51. The molecule has 0 aliphatic carbocycles. The number of hydrogen-bond acceptors (Lipinski definition) is 4. The van der Waals surface area contributed by atoms with E-state index in [1.165, 1.54) is 0 Å². The molecule has 0 saturated heterocycles. The van der Waals surface area contributed by atoms with E-state index in [9.17, 15) is 5.11 Å². The molecule has 0 bridgehead atoms. The van der Waals surface area contributed by atoms with Crippen molar-refractivity contribution in [1.29, 1.82) is 0 Å². The molecule has 0 fully saturated rings. The second-order valence-electron chi connectivity index (χ2n) is 5.55. The molecule has 0 amide bonds. The fraction of sp³-hybridized carbons (Fsp3) is 0.769. The van der Waals surface area contributed by atoms with Crippen LogP contribution in [-0.4, -0.2) is 45.0 Å². The molecular weight excluding hydrogens is 228 g/mol. The summed E-state index contributed by atoms with van der Waals surface area (Å²) in [6.07, 6.45) is 4.72. The number of likely N-dealkylation sites (N-methyl/N-ethyl adjacent to an activating group) is 1. The van der Waals surface area contributed by atoms with Crippen LogP contribution >= 0.6 is 0 Å². The maximum atomic E-state index is 9.52. The lowest BCUT2D eigenvalue weighted by atomic mass is 9.94. The predicted molar refractivity (Wildman–Crippen MR) is 73.1 cm³/mol. The van der Waals surface area contributed by atoms with Crippen LogP contribution in [-0.2, 0) is 7.05 Å². The number of rotatable bonds is 6. The van der Waals surface area contributed by atoms with Gasteiger partial charge in [-0.15, -0.1) is 0 Å². The summed E-state index contributed by atoms with van der Waals surface area (Å²) >= 11 is 0. The third-order valence-electron chi connectivity index (χ3n) is 3.70. The minimum absolute atomic E-state index is 0.0185. The Kier molecular flexibility index (Phi) is 4.90. The third kappa shape index (κ3) is 3.10. The number of aliphatic hydroxyl groups is 1. The Balaban J connectivity index is 3.06. The summed E-state index contributed by atoms with van der Waals surface area (Å²) in [5.74, 6) is 0. The molecule has 3 N–H and O–H groups in total. The van der Waals surface area contributed by atoms with Gasteiger partial charge in [-0.3, -0.25) is 9.58 Å². The van der Waals surface area contributed by atoms with Gasteiger partial charge in [0.05, 0.1) is 18.8 Å². The van der Waals surface area contributed by atoms with E-state index < -0.39 is 0 Å². The standard InChI is InChI=1S/C13H26N4O/c1-6-11(14)12(10-7-15-16(4)8-10)17(5)13(2,3)9-18/h7-8,11-12,18H,6,9,14H2,1-5H3. The SMILES string of the molecule is CCC(N)C(c1cnn(C)c1)N(C)C(C)(C)CO. The summed E-state index contributed by atoms with van der Waals surface area (Å²) in [6, 6.07) is 0.0795. The minimum Gasteiger partial charge on any atom is -0.394 e. The molecule has 1 aromatic rings. The van der Waals surface area contributed by atoms with Crippen molar-refractivity contribution in [2.24, 2.45) is 12.8 Å². The predicted octanol–water partition coefficient (Wildman–Crippen LogP) is 0.901. The summed E-state index contributed by atoms with van der Waals surface area (Å²) in [5.41, 5.74) is 7.03. The highest BCUT2D eigenvalue weighted by atomic mass is 16.3. The van der Waals surface area contributed by atoms with Gasteiger partial charge in [0.25, 0.3) is 0 Å². The van der Waals surface area contributed by atoms with Gasteiger partial charge >= 0.3 is 0 Å². The van der Waals surface area contributed by atoms with Gasteiger partial charge in [-0.2, -0.15) is 5.10 Å². The third-order valence-corrected chi connectivity index (χ3v) is 3.70. The van der Waals surface area contributed by atoms with Gasteiger partial charge in [-0.1, -0.05) is 6.92 Å². The van der Waals surface area contributed by atoms with Gasteiger partial charge < -0.3 is 10.8 Å². The van der Waals surface area contributed by atoms with Gasteiger partial charge in [0.15, 0.2) is 0 Å². The van der Waals surface area contributed by atoms with Crippen LogP contribution in [0.5, 0.6) is 0 Å². The Hall–Kier alpha value is -0.910. The van der Waals surface area contributed by atoms with E-state index >= 15 is 0 Å². The zero-order valence-corrected chi connectivity index (χ0v) is 12.1. The van der Waals surface area contributed by atoms with E-state index in [4.69, 9.17) is 5.73 Å². The van der Waals surface area contributed by atoms with Crippen molar-refractivity contribution in [2.45, 2.75) is 44.8 Å². The quantitative estimate of drug-likeness (QED) is 0.791. The summed E-state index contributed by atoms with van der Waals surface area (Å²) in [5, 5.41) is 13.7. The first-order valence-electron chi connectivity index (χ1n) is 6.41. The monoisotopic (exact) mass is 254 g/mol.